The number of anilines is 2. The molecule has 0 spiro atoms. The number of nitrogens with zero attached hydrogens (tertiary/aromatic N) is 1. The highest BCUT2D eigenvalue weighted by Gasteiger charge is 2.34. The molecule has 0 saturated carbocycles. The van der Waals surface area contributed by atoms with E-state index >= 15 is 0 Å². The highest BCUT2D eigenvalue weighted by molar-refractivity contribution is 6.00. The van der Waals surface area contributed by atoms with Gasteiger partial charge in [0.05, 0.1) is 5.56 Å². The second kappa shape index (κ2) is 5.93. The molecule has 3 heterocycles. The third-order valence-corrected chi connectivity index (χ3v) is 4.62. The first kappa shape index (κ1) is 14.2. The summed E-state index contributed by atoms with van der Waals surface area (Å²) in [5.74, 6) is 0.666. The number of carbonyl (C=O) groups excluding carboxylic acids is 1. The molecule has 4 rings (SSSR count). The van der Waals surface area contributed by atoms with E-state index in [1.807, 2.05) is 19.1 Å². The highest BCUT2D eigenvalue weighted by atomic mass is 16.1. The van der Waals surface area contributed by atoms with E-state index in [-0.39, 0.29) is 5.91 Å². The molecule has 3 saturated heterocycles. The van der Waals surface area contributed by atoms with Gasteiger partial charge in [0.2, 0.25) is 0 Å². The minimum atomic E-state index is -0.0405. The molecule has 2 bridgehead atoms. The number of amides is 1. The van der Waals surface area contributed by atoms with Crippen molar-refractivity contribution in [2.75, 3.05) is 37.2 Å². The predicted molar refractivity (Wildman–Crippen MR) is 85.4 cm³/mol. The Morgan fingerprint density at radius 1 is 1.38 bits per heavy atom. The van der Waals surface area contributed by atoms with E-state index in [0.717, 1.165) is 12.2 Å². The molecule has 1 aromatic rings. The molecule has 3 aliphatic heterocycles. The number of hydrogen-bond donors (Lipinski definition) is 3. The number of nitrogen functional groups attached to an aromatic ring is 1. The molecule has 114 valence electrons. The number of rotatable bonds is 4. The van der Waals surface area contributed by atoms with E-state index < -0.39 is 0 Å². The summed E-state index contributed by atoms with van der Waals surface area (Å²) < 4.78 is 0. The van der Waals surface area contributed by atoms with Gasteiger partial charge in [0.1, 0.15) is 0 Å². The molecule has 1 aromatic carbocycles. The van der Waals surface area contributed by atoms with Gasteiger partial charge in [-0.3, -0.25) is 4.79 Å². The fraction of sp³-hybridized carbons (Fsp3) is 0.562. The zero-order valence-corrected chi connectivity index (χ0v) is 12.6. The van der Waals surface area contributed by atoms with Crippen molar-refractivity contribution in [1.82, 2.24) is 10.2 Å². The van der Waals surface area contributed by atoms with Crippen molar-refractivity contribution in [1.29, 1.82) is 0 Å². The van der Waals surface area contributed by atoms with Gasteiger partial charge in [0, 0.05) is 30.5 Å². The lowest BCUT2D eigenvalue weighted by Crippen LogP contribution is -2.53. The van der Waals surface area contributed by atoms with Crippen LogP contribution in [0.1, 0.15) is 30.1 Å². The molecule has 4 N–H and O–H groups in total. The summed E-state index contributed by atoms with van der Waals surface area (Å²) in [6, 6.07) is 5.89. The van der Waals surface area contributed by atoms with Gasteiger partial charge in [-0.2, -0.15) is 0 Å². The number of hydrogen-bond acceptors (Lipinski definition) is 4. The largest absolute Gasteiger partial charge is 0.399 e. The molecule has 0 aliphatic carbocycles. The van der Waals surface area contributed by atoms with E-state index in [4.69, 9.17) is 5.73 Å². The number of nitrogens with one attached hydrogen (secondary N) is 2. The molecule has 5 heteroatoms. The van der Waals surface area contributed by atoms with Crippen molar-refractivity contribution >= 4 is 17.3 Å². The maximum absolute atomic E-state index is 12.2. The van der Waals surface area contributed by atoms with E-state index in [9.17, 15) is 4.79 Å². The first-order chi connectivity index (χ1) is 10.2. The molecular weight excluding hydrogens is 264 g/mol. The molecule has 0 radical (unpaired) electrons. The van der Waals surface area contributed by atoms with Gasteiger partial charge < -0.3 is 21.3 Å². The first-order valence-electron chi connectivity index (χ1n) is 7.84. The van der Waals surface area contributed by atoms with Gasteiger partial charge in [-0.15, -0.1) is 0 Å². The van der Waals surface area contributed by atoms with Gasteiger partial charge in [-0.1, -0.05) is 0 Å². The first-order valence-corrected chi connectivity index (χ1v) is 7.84. The van der Waals surface area contributed by atoms with Gasteiger partial charge >= 0.3 is 0 Å². The zero-order chi connectivity index (χ0) is 14.8. The smallest absolute Gasteiger partial charge is 0.253 e. The lowest BCUT2D eigenvalue weighted by atomic mass is 9.84. The fourth-order valence-electron chi connectivity index (χ4n) is 3.46. The van der Waals surface area contributed by atoms with E-state index in [1.165, 1.54) is 25.9 Å². The third-order valence-electron chi connectivity index (χ3n) is 4.62. The van der Waals surface area contributed by atoms with E-state index in [1.54, 1.807) is 6.07 Å². The number of fused-ring (bicyclic) bond motifs is 3. The van der Waals surface area contributed by atoms with Gasteiger partial charge in [0.15, 0.2) is 0 Å². The van der Waals surface area contributed by atoms with Crippen LogP contribution in [0.4, 0.5) is 11.4 Å². The summed E-state index contributed by atoms with van der Waals surface area (Å²) in [5, 5.41) is 6.44. The van der Waals surface area contributed by atoms with Crippen LogP contribution >= 0.6 is 0 Å². The van der Waals surface area contributed by atoms with E-state index in [0.29, 0.717) is 29.8 Å². The summed E-state index contributed by atoms with van der Waals surface area (Å²) in [6.45, 7) is 6.04. The molecule has 1 amide bonds. The van der Waals surface area contributed by atoms with Crippen LogP contribution in [0.2, 0.25) is 0 Å². The van der Waals surface area contributed by atoms with Crippen molar-refractivity contribution in [3.63, 3.8) is 0 Å². The summed E-state index contributed by atoms with van der Waals surface area (Å²) >= 11 is 0. The van der Waals surface area contributed by atoms with Crippen molar-refractivity contribution in [2.24, 2.45) is 5.92 Å². The van der Waals surface area contributed by atoms with Crippen LogP contribution in [-0.4, -0.2) is 43.0 Å². The van der Waals surface area contributed by atoms with Crippen LogP contribution in [0.15, 0.2) is 18.2 Å². The Bertz CT molecular complexity index is 523. The maximum Gasteiger partial charge on any atom is 0.253 e. The van der Waals surface area contributed by atoms with Crippen molar-refractivity contribution < 1.29 is 4.79 Å². The lowest BCUT2D eigenvalue weighted by Gasteiger charge is -2.45. The van der Waals surface area contributed by atoms with Crippen molar-refractivity contribution in [2.45, 2.75) is 25.8 Å². The Morgan fingerprint density at radius 3 is 2.76 bits per heavy atom. The second-order valence-corrected chi connectivity index (χ2v) is 6.05. The maximum atomic E-state index is 12.2. The van der Waals surface area contributed by atoms with Crippen molar-refractivity contribution in [3.05, 3.63) is 23.8 Å². The molecule has 21 heavy (non-hydrogen) atoms. The molecule has 3 fully saturated rings. The third kappa shape index (κ3) is 2.97. The normalized spacial score (nSPS) is 27.4. The quantitative estimate of drug-likeness (QED) is 0.735. The standard InChI is InChI=1S/C16H24N4O/c1-2-18-16(21)13-4-3-12(17)9-14(13)19-15-10-20-7-5-11(15)6-8-20/h3-4,9,11,15,19H,2,5-8,10,17H2,1H3,(H,18,21). The Kier molecular flexibility index (Phi) is 4.01. The number of benzene rings is 1. The Hall–Kier alpha value is -1.75. The highest BCUT2D eigenvalue weighted by Crippen LogP contribution is 2.31. The molecule has 5 nitrogen and oxygen atoms in total. The molecule has 0 aromatic heterocycles. The average Bonchev–Trinajstić information content (AvgIpc) is 2.49. The molecule has 3 aliphatic rings. The second-order valence-electron chi connectivity index (χ2n) is 6.05. The Morgan fingerprint density at radius 2 is 2.14 bits per heavy atom. The predicted octanol–water partition coefficient (Wildman–Crippen LogP) is 1.52. The Labute approximate surface area is 125 Å². The summed E-state index contributed by atoms with van der Waals surface area (Å²) in [5.41, 5.74) is 8.13. The van der Waals surface area contributed by atoms with Crippen LogP contribution in [0.3, 0.4) is 0 Å². The molecular formula is C16H24N4O. The van der Waals surface area contributed by atoms with Gasteiger partial charge in [0.25, 0.3) is 5.91 Å². The van der Waals surface area contributed by atoms with Crippen LogP contribution in [0, 0.1) is 5.92 Å². The SMILES string of the molecule is CCNC(=O)c1ccc(N)cc1NC1CN2CCC1CC2. The number of piperidine rings is 3. The topological polar surface area (TPSA) is 70.4 Å². The Balaban J connectivity index is 1.80. The zero-order valence-electron chi connectivity index (χ0n) is 12.6. The monoisotopic (exact) mass is 288 g/mol. The minimum Gasteiger partial charge on any atom is -0.399 e. The number of carbonyl (C=O) groups is 1. The van der Waals surface area contributed by atoms with E-state index in [2.05, 4.69) is 15.5 Å². The van der Waals surface area contributed by atoms with Crippen LogP contribution < -0.4 is 16.4 Å². The van der Waals surface area contributed by atoms with Gasteiger partial charge in [-0.25, -0.2) is 0 Å². The van der Waals surface area contributed by atoms with Crippen LogP contribution in [0.5, 0.6) is 0 Å². The molecule has 1 atom stereocenters. The fourth-order valence-corrected chi connectivity index (χ4v) is 3.46. The van der Waals surface area contributed by atoms with Crippen LogP contribution in [0.25, 0.3) is 0 Å². The van der Waals surface area contributed by atoms with Crippen molar-refractivity contribution in [3.8, 4) is 0 Å². The van der Waals surface area contributed by atoms with Gasteiger partial charge in [-0.05, 0) is 57.0 Å². The average molecular weight is 288 g/mol. The summed E-state index contributed by atoms with van der Waals surface area (Å²) in [7, 11) is 0. The van der Waals surface area contributed by atoms with Crippen LogP contribution in [-0.2, 0) is 0 Å². The minimum absolute atomic E-state index is 0.0405. The summed E-state index contributed by atoms with van der Waals surface area (Å²) in [6.07, 6.45) is 2.49. The molecule has 1 unspecified atom stereocenters. The lowest BCUT2D eigenvalue weighted by molar-refractivity contribution is 0.0948. The number of nitrogens with two attached hydrogens (primary N) is 1. The summed E-state index contributed by atoms with van der Waals surface area (Å²) in [4.78, 5) is 14.7.